The number of piperidine rings is 1. The van der Waals surface area contributed by atoms with E-state index < -0.39 is 6.10 Å². The maximum Gasteiger partial charge on any atom is 0.233 e. The van der Waals surface area contributed by atoms with Gasteiger partial charge in [0.1, 0.15) is 0 Å². The lowest BCUT2D eigenvalue weighted by Crippen LogP contribution is -2.43. The van der Waals surface area contributed by atoms with E-state index in [0.717, 1.165) is 25.7 Å². The highest BCUT2D eigenvalue weighted by atomic mass is 16.3. The molecule has 0 aromatic carbocycles. The van der Waals surface area contributed by atoms with E-state index in [4.69, 9.17) is 0 Å². The molecule has 2 aliphatic carbocycles. The summed E-state index contributed by atoms with van der Waals surface area (Å²) in [6.07, 6.45) is 5.06. The first kappa shape index (κ1) is 13.1. The van der Waals surface area contributed by atoms with Gasteiger partial charge < -0.3 is 5.11 Å². The first-order valence-corrected chi connectivity index (χ1v) is 7.48. The van der Waals surface area contributed by atoms with Crippen LogP contribution in [0, 0.1) is 23.2 Å². The van der Waals surface area contributed by atoms with E-state index in [1.165, 1.54) is 11.3 Å². The number of β-amino-alcohol motifs (C(OH)–C–C–N with tert-alkyl or cyclic N) is 1. The lowest BCUT2D eigenvalue weighted by Gasteiger charge is -2.30. The zero-order valence-corrected chi connectivity index (χ0v) is 11.8. The smallest absolute Gasteiger partial charge is 0.233 e. The number of likely N-dealkylation sites (tertiary alicyclic amines) is 1. The molecule has 2 saturated carbocycles. The molecule has 3 aliphatic rings. The van der Waals surface area contributed by atoms with Crippen molar-refractivity contribution in [3.8, 4) is 0 Å². The normalized spacial score (nSPS) is 35.4. The van der Waals surface area contributed by atoms with Crippen LogP contribution in [-0.4, -0.2) is 34.5 Å². The van der Waals surface area contributed by atoms with E-state index in [1.54, 1.807) is 0 Å². The van der Waals surface area contributed by atoms with Crippen molar-refractivity contribution < 1.29 is 14.7 Å². The van der Waals surface area contributed by atoms with Crippen molar-refractivity contribution in [1.29, 1.82) is 0 Å². The Morgan fingerprint density at radius 3 is 2.21 bits per heavy atom. The van der Waals surface area contributed by atoms with Gasteiger partial charge in [0.05, 0.1) is 24.5 Å². The van der Waals surface area contributed by atoms with Crippen LogP contribution in [0.2, 0.25) is 0 Å². The highest BCUT2D eigenvalue weighted by molar-refractivity contribution is 6.10. The summed E-state index contributed by atoms with van der Waals surface area (Å²) in [5.74, 6) is -0.110. The second kappa shape index (κ2) is 4.30. The average Bonchev–Trinajstić information content (AvgIpc) is 2.87. The van der Waals surface area contributed by atoms with Gasteiger partial charge in [-0.3, -0.25) is 14.5 Å². The van der Waals surface area contributed by atoms with Crippen LogP contribution in [-0.2, 0) is 9.59 Å². The van der Waals surface area contributed by atoms with Gasteiger partial charge in [0.25, 0.3) is 0 Å². The molecule has 0 aromatic rings. The molecular formula is C15H23NO3. The molecule has 0 aromatic heterocycles. The summed E-state index contributed by atoms with van der Waals surface area (Å²) < 4.78 is 0. The van der Waals surface area contributed by atoms with E-state index in [1.807, 2.05) is 13.8 Å². The lowest BCUT2D eigenvalue weighted by molar-refractivity contribution is -0.145. The number of hydrogen-bond acceptors (Lipinski definition) is 3. The van der Waals surface area contributed by atoms with Crippen LogP contribution < -0.4 is 0 Å². The zero-order valence-electron chi connectivity index (χ0n) is 11.8. The van der Waals surface area contributed by atoms with Gasteiger partial charge in [0.2, 0.25) is 11.8 Å². The fourth-order valence-corrected chi connectivity index (χ4v) is 4.04. The molecule has 106 valence electrons. The van der Waals surface area contributed by atoms with Crippen LogP contribution >= 0.6 is 0 Å². The quantitative estimate of drug-likeness (QED) is 0.788. The van der Waals surface area contributed by atoms with Gasteiger partial charge in [0, 0.05) is 0 Å². The summed E-state index contributed by atoms with van der Waals surface area (Å²) in [5.41, 5.74) is -0.152. The number of carbonyl (C=O) groups excluding carboxylic acids is 2. The Balaban J connectivity index is 1.62. The van der Waals surface area contributed by atoms with Gasteiger partial charge in [-0.15, -0.1) is 0 Å². The second-order valence-electron chi connectivity index (χ2n) is 7.03. The Morgan fingerprint density at radius 1 is 1.16 bits per heavy atom. The zero-order chi connectivity index (χ0) is 13.8. The maximum atomic E-state index is 12.2. The van der Waals surface area contributed by atoms with Crippen molar-refractivity contribution in [3.05, 3.63) is 0 Å². The third-order valence-electron chi connectivity index (χ3n) is 5.46. The molecule has 3 fully saturated rings. The highest BCUT2D eigenvalue weighted by Crippen LogP contribution is 2.63. The van der Waals surface area contributed by atoms with Crippen molar-refractivity contribution in [1.82, 2.24) is 4.90 Å². The second-order valence-corrected chi connectivity index (χ2v) is 7.03. The third kappa shape index (κ3) is 1.92. The van der Waals surface area contributed by atoms with Crippen LogP contribution in [0.4, 0.5) is 0 Å². The first-order chi connectivity index (χ1) is 8.94. The van der Waals surface area contributed by atoms with E-state index in [2.05, 4.69) is 0 Å². The van der Waals surface area contributed by atoms with Gasteiger partial charge in [-0.2, -0.15) is 0 Å². The van der Waals surface area contributed by atoms with E-state index in [-0.39, 0.29) is 41.5 Å². The SMILES string of the molecule is CC1(C)C2C(=O)N(CC(O)C3CCCCC3)C(=O)C21. The minimum absolute atomic E-state index is 0.0603. The number of aliphatic hydroxyl groups is 1. The van der Waals surface area contributed by atoms with Crippen LogP contribution in [0.15, 0.2) is 0 Å². The summed E-state index contributed by atoms with van der Waals surface area (Å²) in [4.78, 5) is 25.7. The molecule has 3 rings (SSSR count). The fraction of sp³-hybridized carbons (Fsp3) is 0.867. The van der Waals surface area contributed by atoms with Crippen molar-refractivity contribution in [2.24, 2.45) is 23.2 Å². The average molecular weight is 265 g/mol. The number of fused-ring (bicyclic) bond motifs is 1. The molecule has 0 bridgehead atoms. The molecule has 19 heavy (non-hydrogen) atoms. The topological polar surface area (TPSA) is 57.6 Å². The van der Waals surface area contributed by atoms with E-state index >= 15 is 0 Å². The molecule has 1 aliphatic heterocycles. The monoisotopic (exact) mass is 265 g/mol. The molecule has 1 N–H and O–H groups in total. The molecule has 1 saturated heterocycles. The van der Waals surface area contributed by atoms with Gasteiger partial charge in [-0.25, -0.2) is 0 Å². The molecule has 4 nitrogen and oxygen atoms in total. The molecule has 4 heteroatoms. The summed E-state index contributed by atoms with van der Waals surface area (Å²) in [5, 5.41) is 10.3. The largest absolute Gasteiger partial charge is 0.391 e. The summed E-state index contributed by atoms with van der Waals surface area (Å²) in [6, 6.07) is 0. The molecule has 3 unspecified atom stereocenters. The minimum Gasteiger partial charge on any atom is -0.391 e. The Morgan fingerprint density at radius 2 is 1.68 bits per heavy atom. The van der Waals surface area contributed by atoms with E-state index in [0.29, 0.717) is 0 Å². The maximum absolute atomic E-state index is 12.2. The minimum atomic E-state index is -0.534. The van der Waals surface area contributed by atoms with Gasteiger partial charge in [-0.05, 0) is 24.2 Å². The number of rotatable bonds is 3. The number of carbonyl (C=O) groups is 2. The third-order valence-corrected chi connectivity index (χ3v) is 5.46. The fourth-order valence-electron chi connectivity index (χ4n) is 4.04. The van der Waals surface area contributed by atoms with Crippen LogP contribution in [0.5, 0.6) is 0 Å². The summed E-state index contributed by atoms with van der Waals surface area (Å²) >= 11 is 0. The number of hydrogen-bond donors (Lipinski definition) is 1. The van der Waals surface area contributed by atoms with Gasteiger partial charge in [-0.1, -0.05) is 33.1 Å². The highest BCUT2D eigenvalue weighted by Gasteiger charge is 2.72. The molecule has 1 heterocycles. The van der Waals surface area contributed by atoms with Crippen molar-refractivity contribution in [2.45, 2.75) is 52.1 Å². The molecule has 0 radical (unpaired) electrons. The molecular weight excluding hydrogens is 242 g/mol. The Hall–Kier alpha value is -0.900. The molecule has 3 atom stereocenters. The van der Waals surface area contributed by atoms with Crippen molar-refractivity contribution in [3.63, 3.8) is 0 Å². The Labute approximate surface area is 114 Å². The Bertz CT molecular complexity index is 388. The number of aliphatic hydroxyl groups excluding tert-OH is 1. The predicted molar refractivity (Wildman–Crippen MR) is 70.1 cm³/mol. The number of nitrogens with zero attached hydrogens (tertiary/aromatic N) is 1. The molecule has 2 amide bonds. The van der Waals surface area contributed by atoms with E-state index in [9.17, 15) is 14.7 Å². The number of amides is 2. The van der Waals surface area contributed by atoms with Gasteiger partial charge in [0.15, 0.2) is 0 Å². The number of imide groups is 1. The van der Waals surface area contributed by atoms with Crippen LogP contribution in [0.1, 0.15) is 46.0 Å². The van der Waals surface area contributed by atoms with Crippen LogP contribution in [0.3, 0.4) is 0 Å². The summed E-state index contributed by atoms with van der Waals surface area (Å²) in [7, 11) is 0. The lowest BCUT2D eigenvalue weighted by atomic mass is 9.85. The summed E-state index contributed by atoms with van der Waals surface area (Å²) in [6.45, 7) is 4.17. The first-order valence-electron chi connectivity index (χ1n) is 7.48. The Kier molecular flexibility index (Phi) is 2.97. The molecule has 0 spiro atoms. The van der Waals surface area contributed by atoms with Crippen LogP contribution in [0.25, 0.3) is 0 Å². The predicted octanol–water partition coefficient (Wildman–Crippen LogP) is 1.57. The van der Waals surface area contributed by atoms with Crippen molar-refractivity contribution >= 4 is 11.8 Å². The van der Waals surface area contributed by atoms with Gasteiger partial charge >= 0.3 is 0 Å². The standard InChI is InChI=1S/C15H23NO3/c1-15(2)11-12(15)14(19)16(13(11)18)8-10(17)9-6-4-3-5-7-9/h9-12,17H,3-8H2,1-2H3. The van der Waals surface area contributed by atoms with Crippen molar-refractivity contribution in [2.75, 3.05) is 6.54 Å².